The van der Waals surface area contributed by atoms with Crippen LogP contribution in [0.5, 0.6) is 0 Å². The van der Waals surface area contributed by atoms with E-state index < -0.39 is 0 Å². The number of hydrogen-bond donors (Lipinski definition) is 1. The zero-order valence-corrected chi connectivity index (χ0v) is 13.8. The van der Waals surface area contributed by atoms with E-state index in [0.717, 1.165) is 44.1 Å². The summed E-state index contributed by atoms with van der Waals surface area (Å²) < 4.78 is 1.96. The number of aryl methyl sites for hydroxylation is 2. The highest BCUT2D eigenvalue weighted by atomic mass is 16.2. The Morgan fingerprint density at radius 2 is 2.04 bits per heavy atom. The van der Waals surface area contributed by atoms with Crippen molar-refractivity contribution in [3.05, 3.63) is 11.6 Å². The number of nitrogens with one attached hydrogen (secondary N) is 1. The van der Waals surface area contributed by atoms with Crippen LogP contribution in [-0.2, 0) is 11.3 Å². The lowest BCUT2D eigenvalue weighted by atomic mass is 10.0. The molecule has 1 N–H and O–H groups in total. The molecule has 0 unspecified atom stereocenters. The molecule has 0 spiro atoms. The number of urea groups is 1. The van der Waals surface area contributed by atoms with Crippen molar-refractivity contribution in [3.8, 4) is 0 Å². The molecule has 0 aromatic carbocycles. The van der Waals surface area contributed by atoms with Crippen molar-refractivity contribution in [2.75, 3.05) is 26.2 Å². The summed E-state index contributed by atoms with van der Waals surface area (Å²) in [4.78, 5) is 31.4. The quantitative estimate of drug-likeness (QED) is 0.789. The molecule has 0 aliphatic carbocycles. The second-order valence-corrected chi connectivity index (χ2v) is 6.28. The second kappa shape index (κ2) is 6.66. The van der Waals surface area contributed by atoms with Crippen molar-refractivity contribution in [1.82, 2.24) is 29.9 Å². The number of carbonyl (C=O) groups excluding carboxylic acids is 2. The summed E-state index contributed by atoms with van der Waals surface area (Å²) in [5.41, 5.74) is 0. The van der Waals surface area contributed by atoms with Gasteiger partial charge in [0.15, 0.2) is 0 Å². The van der Waals surface area contributed by atoms with Crippen molar-refractivity contribution in [3.63, 3.8) is 0 Å². The molecule has 8 nitrogen and oxygen atoms in total. The molecule has 3 heterocycles. The molecular formula is C15H24N6O2. The zero-order chi connectivity index (χ0) is 16.4. The fraction of sp³-hybridized carbons (Fsp3) is 0.733. The minimum absolute atomic E-state index is 0.125. The third-order valence-electron chi connectivity index (χ3n) is 4.64. The highest BCUT2D eigenvalue weighted by molar-refractivity contribution is 6.01. The Bertz CT molecular complexity index is 583. The first-order valence-corrected chi connectivity index (χ1v) is 8.25. The first kappa shape index (κ1) is 15.9. The van der Waals surface area contributed by atoms with Crippen LogP contribution in [0, 0.1) is 13.8 Å². The molecule has 1 atom stereocenters. The van der Waals surface area contributed by atoms with E-state index in [1.807, 2.05) is 18.5 Å². The summed E-state index contributed by atoms with van der Waals surface area (Å²) >= 11 is 0. The van der Waals surface area contributed by atoms with Gasteiger partial charge in [0.25, 0.3) is 0 Å². The van der Waals surface area contributed by atoms with Gasteiger partial charge in [-0.05, 0) is 33.2 Å². The van der Waals surface area contributed by atoms with E-state index in [1.54, 1.807) is 0 Å². The number of imide groups is 1. The van der Waals surface area contributed by atoms with Gasteiger partial charge >= 0.3 is 6.03 Å². The Kier molecular flexibility index (Phi) is 4.61. The number of aromatic nitrogens is 3. The lowest BCUT2D eigenvalue weighted by Crippen LogP contribution is -2.47. The van der Waals surface area contributed by atoms with E-state index in [2.05, 4.69) is 20.3 Å². The lowest BCUT2D eigenvalue weighted by Gasteiger charge is -2.36. The summed E-state index contributed by atoms with van der Waals surface area (Å²) in [5.74, 6) is 1.60. The smallest absolute Gasteiger partial charge is 0.324 e. The van der Waals surface area contributed by atoms with E-state index in [9.17, 15) is 9.59 Å². The van der Waals surface area contributed by atoms with Crippen molar-refractivity contribution in [2.45, 2.75) is 45.7 Å². The Morgan fingerprint density at radius 3 is 2.70 bits per heavy atom. The maximum Gasteiger partial charge on any atom is 0.324 e. The standard InChI is InChI=1S/C15H24N6O2/c1-11-17-12(2)21(18-11)10-13-5-3-4-6-19(13)7-8-20-14(22)9-16-15(20)23/h13H,3-10H2,1-2H3,(H,16,23)/t13-/m1/s1. The molecule has 1 aromatic rings. The Morgan fingerprint density at radius 1 is 1.22 bits per heavy atom. The largest absolute Gasteiger partial charge is 0.329 e. The second-order valence-electron chi connectivity index (χ2n) is 6.28. The minimum Gasteiger partial charge on any atom is -0.329 e. The predicted molar refractivity (Wildman–Crippen MR) is 83.8 cm³/mol. The molecule has 126 valence electrons. The summed E-state index contributed by atoms with van der Waals surface area (Å²) in [5, 5.41) is 7.02. The van der Waals surface area contributed by atoms with Gasteiger partial charge in [0.1, 0.15) is 11.6 Å². The maximum absolute atomic E-state index is 11.7. The molecule has 23 heavy (non-hydrogen) atoms. The van der Waals surface area contributed by atoms with Crippen molar-refractivity contribution in [2.24, 2.45) is 0 Å². The molecule has 0 saturated carbocycles. The van der Waals surface area contributed by atoms with Crippen LogP contribution in [0.2, 0.25) is 0 Å². The zero-order valence-electron chi connectivity index (χ0n) is 13.8. The molecule has 1 aromatic heterocycles. The number of hydrogen-bond acceptors (Lipinski definition) is 5. The molecule has 2 saturated heterocycles. The number of rotatable bonds is 5. The van der Waals surface area contributed by atoms with E-state index in [0.29, 0.717) is 12.6 Å². The summed E-state index contributed by atoms with van der Waals surface area (Å²) in [7, 11) is 0. The molecule has 8 heteroatoms. The van der Waals surface area contributed by atoms with Gasteiger partial charge in [-0.3, -0.25) is 14.6 Å². The number of piperidine rings is 1. The average Bonchev–Trinajstić information content (AvgIpc) is 3.00. The van der Waals surface area contributed by atoms with Crippen LogP contribution in [0.25, 0.3) is 0 Å². The monoisotopic (exact) mass is 320 g/mol. The topological polar surface area (TPSA) is 83.4 Å². The number of nitrogens with zero attached hydrogens (tertiary/aromatic N) is 5. The SMILES string of the molecule is Cc1nc(C)n(C[C@H]2CCCCN2CCN2C(=O)CNC2=O)n1. The normalized spacial score (nSPS) is 22.7. The van der Waals surface area contributed by atoms with Crippen LogP contribution >= 0.6 is 0 Å². The first-order valence-electron chi connectivity index (χ1n) is 8.25. The fourth-order valence-corrected chi connectivity index (χ4v) is 3.41. The first-order chi connectivity index (χ1) is 11.0. The summed E-state index contributed by atoms with van der Waals surface area (Å²) in [6.07, 6.45) is 3.47. The Hall–Kier alpha value is -1.96. The predicted octanol–water partition coefficient (Wildman–Crippen LogP) is 0.301. The van der Waals surface area contributed by atoms with Crippen molar-refractivity contribution in [1.29, 1.82) is 0 Å². The molecule has 0 bridgehead atoms. The van der Waals surface area contributed by atoms with E-state index in [1.165, 1.54) is 11.3 Å². The van der Waals surface area contributed by atoms with Gasteiger partial charge in [-0.2, -0.15) is 5.10 Å². The van der Waals surface area contributed by atoms with Crippen LogP contribution in [0.3, 0.4) is 0 Å². The highest BCUT2D eigenvalue weighted by Crippen LogP contribution is 2.19. The summed E-state index contributed by atoms with van der Waals surface area (Å²) in [6.45, 7) is 6.99. The molecule has 3 amide bonds. The van der Waals surface area contributed by atoms with Crippen LogP contribution in [0.4, 0.5) is 4.79 Å². The number of amides is 3. The molecule has 3 rings (SSSR count). The summed E-state index contributed by atoms with van der Waals surface area (Å²) in [6, 6.07) is 0.107. The van der Waals surface area contributed by atoms with Crippen LogP contribution < -0.4 is 5.32 Å². The average molecular weight is 320 g/mol. The Balaban J connectivity index is 1.61. The molecular weight excluding hydrogens is 296 g/mol. The van der Waals surface area contributed by atoms with E-state index in [4.69, 9.17) is 0 Å². The minimum atomic E-state index is -0.272. The van der Waals surface area contributed by atoms with Gasteiger partial charge < -0.3 is 5.32 Å². The Labute approximate surface area is 135 Å². The molecule has 2 fully saturated rings. The van der Waals surface area contributed by atoms with Gasteiger partial charge in [-0.1, -0.05) is 6.42 Å². The highest BCUT2D eigenvalue weighted by Gasteiger charge is 2.30. The molecule has 2 aliphatic rings. The van der Waals surface area contributed by atoms with Gasteiger partial charge in [0.2, 0.25) is 5.91 Å². The van der Waals surface area contributed by atoms with Crippen LogP contribution in [0.1, 0.15) is 30.9 Å². The third-order valence-corrected chi connectivity index (χ3v) is 4.64. The number of carbonyl (C=O) groups is 2. The van der Waals surface area contributed by atoms with Crippen LogP contribution in [-0.4, -0.2) is 68.7 Å². The van der Waals surface area contributed by atoms with E-state index in [-0.39, 0.29) is 18.5 Å². The van der Waals surface area contributed by atoms with E-state index >= 15 is 0 Å². The number of likely N-dealkylation sites (tertiary alicyclic amines) is 1. The van der Waals surface area contributed by atoms with Gasteiger partial charge in [-0.25, -0.2) is 14.5 Å². The van der Waals surface area contributed by atoms with Crippen LogP contribution in [0.15, 0.2) is 0 Å². The van der Waals surface area contributed by atoms with Gasteiger partial charge in [0.05, 0.1) is 13.1 Å². The fourth-order valence-electron chi connectivity index (χ4n) is 3.41. The van der Waals surface area contributed by atoms with Crippen molar-refractivity contribution >= 4 is 11.9 Å². The lowest BCUT2D eigenvalue weighted by molar-refractivity contribution is -0.125. The van der Waals surface area contributed by atoms with Crippen molar-refractivity contribution < 1.29 is 9.59 Å². The van der Waals surface area contributed by atoms with Gasteiger partial charge in [0, 0.05) is 19.1 Å². The molecule has 0 radical (unpaired) electrons. The third kappa shape index (κ3) is 3.52. The maximum atomic E-state index is 11.7. The van der Waals surface area contributed by atoms with Gasteiger partial charge in [-0.15, -0.1) is 0 Å². The molecule has 2 aliphatic heterocycles.